The second-order valence-corrected chi connectivity index (χ2v) is 5.24. The molecule has 0 radical (unpaired) electrons. The van der Waals surface area contributed by atoms with Gasteiger partial charge in [-0.05, 0) is 24.6 Å². The first-order valence-electron chi connectivity index (χ1n) is 6.74. The van der Waals surface area contributed by atoms with E-state index >= 15 is 0 Å². The Morgan fingerprint density at radius 1 is 1.41 bits per heavy atom. The topological polar surface area (TPSA) is 75.4 Å². The lowest BCUT2D eigenvalue weighted by Crippen LogP contribution is -2.32. The van der Waals surface area contributed by atoms with Crippen molar-refractivity contribution in [1.82, 2.24) is 14.7 Å². The summed E-state index contributed by atoms with van der Waals surface area (Å²) in [6.45, 7) is 1.55. The summed E-state index contributed by atoms with van der Waals surface area (Å²) in [7, 11) is 1.45. The van der Waals surface area contributed by atoms with Crippen molar-refractivity contribution < 1.29 is 14.7 Å². The van der Waals surface area contributed by atoms with Crippen molar-refractivity contribution in [3.05, 3.63) is 46.7 Å². The molecule has 0 saturated heterocycles. The number of aliphatic carboxylic acids is 1. The van der Waals surface area contributed by atoms with Crippen LogP contribution in [0.25, 0.3) is 5.69 Å². The SMILES string of the molecule is CCc1c(C(=O)N(C)CC(=O)O)cnn1-c1cccc(Cl)c1. The molecule has 0 aliphatic rings. The molecule has 1 amide bonds. The van der Waals surface area contributed by atoms with E-state index in [1.807, 2.05) is 13.0 Å². The van der Waals surface area contributed by atoms with Crippen LogP contribution in [0.1, 0.15) is 23.0 Å². The molecular formula is C15H16ClN3O3. The average molecular weight is 322 g/mol. The Bertz CT molecular complexity index is 712. The fraction of sp³-hybridized carbons (Fsp3) is 0.267. The predicted octanol–water partition coefficient (Wildman–Crippen LogP) is 2.24. The van der Waals surface area contributed by atoms with Crippen LogP contribution >= 0.6 is 11.6 Å². The number of aromatic nitrogens is 2. The van der Waals surface area contributed by atoms with Gasteiger partial charge in [0.25, 0.3) is 5.91 Å². The van der Waals surface area contributed by atoms with E-state index in [9.17, 15) is 9.59 Å². The monoisotopic (exact) mass is 321 g/mol. The van der Waals surface area contributed by atoms with Gasteiger partial charge in [0.1, 0.15) is 6.54 Å². The van der Waals surface area contributed by atoms with Gasteiger partial charge < -0.3 is 10.0 Å². The van der Waals surface area contributed by atoms with Gasteiger partial charge in [-0.1, -0.05) is 24.6 Å². The number of carbonyl (C=O) groups excluding carboxylic acids is 1. The minimum atomic E-state index is -1.06. The first-order chi connectivity index (χ1) is 10.4. The highest BCUT2D eigenvalue weighted by atomic mass is 35.5. The molecule has 1 aromatic carbocycles. The molecule has 1 N–H and O–H groups in total. The highest BCUT2D eigenvalue weighted by Crippen LogP contribution is 2.19. The average Bonchev–Trinajstić information content (AvgIpc) is 2.89. The normalized spacial score (nSPS) is 10.5. The van der Waals surface area contributed by atoms with Crippen molar-refractivity contribution in [3.63, 3.8) is 0 Å². The van der Waals surface area contributed by atoms with Gasteiger partial charge in [0.2, 0.25) is 0 Å². The number of likely N-dealkylation sites (N-methyl/N-ethyl adjacent to an activating group) is 1. The van der Waals surface area contributed by atoms with E-state index in [4.69, 9.17) is 16.7 Å². The summed E-state index contributed by atoms with van der Waals surface area (Å²) in [5.41, 5.74) is 1.86. The second-order valence-electron chi connectivity index (χ2n) is 4.81. The number of halogens is 1. The lowest BCUT2D eigenvalue weighted by Gasteiger charge is -2.15. The molecule has 2 aromatic rings. The summed E-state index contributed by atoms with van der Waals surface area (Å²) in [6, 6.07) is 7.15. The number of benzene rings is 1. The van der Waals surface area contributed by atoms with Crippen molar-refractivity contribution in [2.24, 2.45) is 0 Å². The van der Waals surface area contributed by atoms with Crippen LogP contribution in [-0.2, 0) is 11.2 Å². The number of carboxylic acids is 1. The minimum absolute atomic E-state index is 0.357. The fourth-order valence-corrected chi connectivity index (χ4v) is 2.39. The lowest BCUT2D eigenvalue weighted by atomic mass is 10.1. The molecule has 0 aliphatic heterocycles. The van der Waals surface area contributed by atoms with E-state index < -0.39 is 5.97 Å². The van der Waals surface area contributed by atoms with Gasteiger partial charge in [-0.25, -0.2) is 4.68 Å². The van der Waals surface area contributed by atoms with E-state index in [0.29, 0.717) is 22.7 Å². The summed E-state index contributed by atoms with van der Waals surface area (Å²) in [5, 5.41) is 13.6. The molecule has 7 heteroatoms. The second kappa shape index (κ2) is 6.62. The van der Waals surface area contributed by atoms with Gasteiger partial charge in [-0.2, -0.15) is 5.10 Å². The Labute approximate surface area is 132 Å². The Morgan fingerprint density at radius 2 is 2.14 bits per heavy atom. The number of carboxylic acid groups (broad SMARTS) is 1. The summed E-state index contributed by atoms with van der Waals surface area (Å²) >= 11 is 5.99. The molecule has 116 valence electrons. The lowest BCUT2D eigenvalue weighted by molar-refractivity contribution is -0.137. The van der Waals surface area contributed by atoms with Crippen LogP contribution in [0.2, 0.25) is 5.02 Å². The summed E-state index contributed by atoms with van der Waals surface area (Å²) in [5.74, 6) is -1.43. The van der Waals surface area contributed by atoms with E-state index in [2.05, 4.69) is 5.10 Å². The van der Waals surface area contributed by atoms with Crippen LogP contribution in [0.5, 0.6) is 0 Å². The molecular weight excluding hydrogens is 306 g/mol. The number of carbonyl (C=O) groups is 2. The highest BCUT2D eigenvalue weighted by molar-refractivity contribution is 6.30. The zero-order valence-corrected chi connectivity index (χ0v) is 13.0. The van der Waals surface area contributed by atoms with Gasteiger partial charge in [0.15, 0.2) is 0 Å². The van der Waals surface area contributed by atoms with Crippen LogP contribution in [0.4, 0.5) is 0 Å². The maximum Gasteiger partial charge on any atom is 0.323 e. The van der Waals surface area contributed by atoms with Crippen molar-refractivity contribution in [1.29, 1.82) is 0 Å². The third kappa shape index (κ3) is 3.28. The molecule has 0 atom stereocenters. The van der Waals surface area contributed by atoms with Crippen molar-refractivity contribution in [2.45, 2.75) is 13.3 Å². The Morgan fingerprint density at radius 3 is 2.73 bits per heavy atom. The maximum atomic E-state index is 12.4. The zero-order chi connectivity index (χ0) is 16.3. The first-order valence-corrected chi connectivity index (χ1v) is 7.12. The molecule has 6 nitrogen and oxygen atoms in total. The van der Waals surface area contributed by atoms with Crippen LogP contribution in [0.15, 0.2) is 30.5 Å². The van der Waals surface area contributed by atoms with Crippen molar-refractivity contribution in [2.75, 3.05) is 13.6 Å². The van der Waals surface area contributed by atoms with Crippen LogP contribution in [0, 0.1) is 0 Å². The van der Waals surface area contributed by atoms with Gasteiger partial charge in [0, 0.05) is 12.1 Å². The van der Waals surface area contributed by atoms with Crippen molar-refractivity contribution >= 4 is 23.5 Å². The van der Waals surface area contributed by atoms with E-state index in [1.54, 1.807) is 22.9 Å². The summed E-state index contributed by atoms with van der Waals surface area (Å²) < 4.78 is 1.65. The van der Waals surface area contributed by atoms with Gasteiger partial charge in [0.05, 0.1) is 23.1 Å². The molecule has 22 heavy (non-hydrogen) atoms. The Balaban J connectivity index is 2.39. The first kappa shape index (κ1) is 16.0. The number of amides is 1. The molecule has 0 fully saturated rings. The highest BCUT2D eigenvalue weighted by Gasteiger charge is 2.21. The number of hydrogen-bond donors (Lipinski definition) is 1. The quantitative estimate of drug-likeness (QED) is 0.916. The maximum absolute atomic E-state index is 12.4. The number of nitrogens with zero attached hydrogens (tertiary/aromatic N) is 3. The number of rotatable bonds is 5. The molecule has 0 unspecified atom stereocenters. The molecule has 2 rings (SSSR count). The Kier molecular flexibility index (Phi) is 4.82. The summed E-state index contributed by atoms with van der Waals surface area (Å²) in [6.07, 6.45) is 2.04. The van der Waals surface area contributed by atoms with Crippen LogP contribution in [0.3, 0.4) is 0 Å². The van der Waals surface area contributed by atoms with E-state index in [0.717, 1.165) is 10.6 Å². The molecule has 1 heterocycles. The predicted molar refractivity (Wildman–Crippen MR) is 82.5 cm³/mol. The third-order valence-electron chi connectivity index (χ3n) is 3.21. The summed E-state index contributed by atoms with van der Waals surface area (Å²) in [4.78, 5) is 24.2. The largest absolute Gasteiger partial charge is 0.480 e. The smallest absolute Gasteiger partial charge is 0.323 e. The molecule has 0 bridgehead atoms. The van der Waals surface area contributed by atoms with Gasteiger partial charge >= 0.3 is 5.97 Å². The van der Waals surface area contributed by atoms with Crippen molar-refractivity contribution in [3.8, 4) is 5.69 Å². The van der Waals surface area contributed by atoms with Crippen LogP contribution < -0.4 is 0 Å². The molecule has 0 saturated carbocycles. The van der Waals surface area contributed by atoms with Gasteiger partial charge in [-0.15, -0.1) is 0 Å². The molecule has 1 aromatic heterocycles. The van der Waals surface area contributed by atoms with E-state index in [-0.39, 0.29) is 12.5 Å². The van der Waals surface area contributed by atoms with Gasteiger partial charge in [-0.3, -0.25) is 9.59 Å². The molecule has 0 spiro atoms. The van der Waals surface area contributed by atoms with E-state index in [1.165, 1.54) is 13.2 Å². The zero-order valence-electron chi connectivity index (χ0n) is 12.3. The number of hydrogen-bond acceptors (Lipinski definition) is 3. The third-order valence-corrected chi connectivity index (χ3v) is 3.44. The molecule has 0 aliphatic carbocycles. The fourth-order valence-electron chi connectivity index (χ4n) is 2.20. The minimum Gasteiger partial charge on any atom is -0.480 e. The Hall–Kier alpha value is -2.34. The standard InChI is InChI=1S/C15H16ClN3O3/c1-3-13-12(15(22)18(2)9-14(20)21)8-17-19(13)11-6-4-5-10(16)7-11/h4-8H,3,9H2,1-2H3,(H,20,21). The van der Waals surface area contributed by atoms with Crippen LogP contribution in [-0.4, -0.2) is 45.3 Å².